The van der Waals surface area contributed by atoms with Crippen molar-refractivity contribution in [3.8, 4) is 0 Å². The van der Waals surface area contributed by atoms with Gasteiger partial charge in [0.2, 0.25) is 0 Å². The van der Waals surface area contributed by atoms with Crippen molar-refractivity contribution in [2.75, 3.05) is 7.11 Å². The minimum Gasteiger partial charge on any atom is -0.469 e. The van der Waals surface area contributed by atoms with Crippen LogP contribution in [0.2, 0.25) is 0 Å². The molecule has 0 saturated heterocycles. The van der Waals surface area contributed by atoms with Gasteiger partial charge in [0.1, 0.15) is 0 Å². The van der Waals surface area contributed by atoms with Gasteiger partial charge in [0.05, 0.1) is 13.0 Å². The van der Waals surface area contributed by atoms with E-state index < -0.39 is 0 Å². The molecule has 2 atom stereocenters. The van der Waals surface area contributed by atoms with Crippen molar-refractivity contribution >= 4 is 5.97 Å². The Hall–Kier alpha value is -1.05. The second-order valence-corrected chi connectivity index (χ2v) is 8.85. The molecule has 0 radical (unpaired) electrons. The molecule has 0 aliphatic carbocycles. The fourth-order valence-electron chi connectivity index (χ4n) is 2.74. The van der Waals surface area contributed by atoms with Crippen LogP contribution < -0.4 is 0 Å². The first-order valence-electron chi connectivity index (χ1n) is 8.25. The van der Waals surface area contributed by atoms with Crippen LogP contribution in [-0.4, -0.2) is 13.1 Å². The van der Waals surface area contributed by atoms with Gasteiger partial charge in [-0.2, -0.15) is 0 Å². The Morgan fingerprint density at radius 2 is 1.64 bits per heavy atom. The summed E-state index contributed by atoms with van der Waals surface area (Å²) in [4.78, 5) is 12.1. The molecule has 0 rings (SSSR count). The molecule has 128 valence electrons. The average molecular weight is 309 g/mol. The number of rotatable bonds is 6. The topological polar surface area (TPSA) is 26.3 Å². The predicted octanol–water partition coefficient (Wildman–Crippen LogP) is 5.64. The van der Waals surface area contributed by atoms with Crippen LogP contribution in [0.5, 0.6) is 0 Å². The van der Waals surface area contributed by atoms with Crippen LogP contribution in [0.25, 0.3) is 0 Å². The van der Waals surface area contributed by atoms with Crippen molar-refractivity contribution in [3.63, 3.8) is 0 Å². The fraction of sp³-hybridized carbons (Fsp3) is 0.750. The van der Waals surface area contributed by atoms with Crippen LogP contribution in [0.15, 0.2) is 24.3 Å². The summed E-state index contributed by atoms with van der Waals surface area (Å²) in [5.41, 5.74) is 1.50. The Labute approximate surface area is 138 Å². The summed E-state index contributed by atoms with van der Waals surface area (Å²) in [6, 6.07) is 0. The molecule has 0 amide bonds. The fourth-order valence-corrected chi connectivity index (χ4v) is 2.74. The summed E-state index contributed by atoms with van der Waals surface area (Å²) < 4.78 is 4.97. The molecule has 0 aliphatic heterocycles. The number of ether oxygens (including phenoxy) is 1. The lowest BCUT2D eigenvalue weighted by molar-refractivity contribution is -0.145. The van der Waals surface area contributed by atoms with Crippen LogP contribution in [0.4, 0.5) is 0 Å². The van der Waals surface area contributed by atoms with E-state index in [2.05, 4.69) is 68.0 Å². The Morgan fingerprint density at radius 1 is 1.14 bits per heavy atom. The third-order valence-electron chi connectivity index (χ3n) is 4.06. The Bertz CT molecular complexity index is 402. The van der Waals surface area contributed by atoms with Gasteiger partial charge in [0.25, 0.3) is 0 Å². The summed E-state index contributed by atoms with van der Waals surface area (Å²) in [5.74, 6) is 0.175. The van der Waals surface area contributed by atoms with Crippen LogP contribution in [-0.2, 0) is 9.53 Å². The lowest BCUT2D eigenvalue weighted by Crippen LogP contribution is -2.28. The van der Waals surface area contributed by atoms with E-state index >= 15 is 0 Å². The Balaban J connectivity index is 5.77. The monoisotopic (exact) mass is 308 g/mol. The molecule has 0 aromatic heterocycles. The molecule has 0 spiro atoms. The molecule has 0 aliphatic rings. The second-order valence-electron chi connectivity index (χ2n) is 8.85. The third kappa shape index (κ3) is 6.81. The number of carbonyl (C=O) groups excluding carboxylic acids is 1. The molecular weight excluding hydrogens is 272 g/mol. The predicted molar refractivity (Wildman–Crippen MR) is 95.6 cm³/mol. The van der Waals surface area contributed by atoms with Crippen molar-refractivity contribution in [2.24, 2.45) is 28.6 Å². The standard InChI is InChI=1S/C20H36O2/c1-11-15(12-16(14(2)3)18(21)22-10)17(20(7,8)9)13-19(4,5)6/h11-12,14,16-17H,1,13H2,2-10H3. The smallest absolute Gasteiger partial charge is 0.312 e. The number of carbonyl (C=O) groups is 1. The van der Waals surface area contributed by atoms with E-state index in [1.807, 2.05) is 6.08 Å². The van der Waals surface area contributed by atoms with Crippen molar-refractivity contribution in [1.82, 2.24) is 0 Å². The SMILES string of the molecule is C=CC(=CC(C(=O)OC)C(C)C)C(CC(C)(C)C)C(C)(C)C. The molecule has 0 fully saturated rings. The number of allylic oxidation sites excluding steroid dienone is 2. The molecule has 0 heterocycles. The maximum absolute atomic E-state index is 12.1. The number of hydrogen-bond donors (Lipinski definition) is 0. The highest BCUT2D eigenvalue weighted by Crippen LogP contribution is 2.41. The average Bonchev–Trinajstić information content (AvgIpc) is 2.34. The van der Waals surface area contributed by atoms with E-state index in [-0.39, 0.29) is 28.6 Å². The highest BCUT2D eigenvalue weighted by atomic mass is 16.5. The number of esters is 1. The van der Waals surface area contributed by atoms with Crippen LogP contribution >= 0.6 is 0 Å². The van der Waals surface area contributed by atoms with Gasteiger partial charge >= 0.3 is 5.97 Å². The normalized spacial score (nSPS) is 16.4. The van der Waals surface area contributed by atoms with Crippen LogP contribution in [0.1, 0.15) is 61.8 Å². The maximum Gasteiger partial charge on any atom is 0.312 e. The lowest BCUT2D eigenvalue weighted by atomic mass is 9.68. The van der Waals surface area contributed by atoms with Crippen LogP contribution in [0.3, 0.4) is 0 Å². The first-order valence-corrected chi connectivity index (χ1v) is 8.25. The molecule has 0 aromatic carbocycles. The summed E-state index contributed by atoms with van der Waals surface area (Å²) in [7, 11) is 1.45. The van der Waals surface area contributed by atoms with E-state index in [1.165, 1.54) is 7.11 Å². The number of hydrogen-bond acceptors (Lipinski definition) is 2. The summed E-state index contributed by atoms with van der Waals surface area (Å²) >= 11 is 0. The first-order chi connectivity index (χ1) is 9.83. The highest BCUT2D eigenvalue weighted by molar-refractivity contribution is 5.75. The molecule has 2 nitrogen and oxygen atoms in total. The molecule has 22 heavy (non-hydrogen) atoms. The molecule has 2 unspecified atom stereocenters. The van der Waals surface area contributed by atoms with Gasteiger partial charge in [-0.05, 0) is 34.7 Å². The summed E-state index contributed by atoms with van der Waals surface area (Å²) in [6.07, 6.45) is 5.05. The zero-order valence-corrected chi connectivity index (χ0v) is 16.1. The molecule has 0 saturated carbocycles. The Morgan fingerprint density at radius 3 is 1.91 bits per heavy atom. The molecule has 0 bridgehead atoms. The third-order valence-corrected chi connectivity index (χ3v) is 4.06. The van der Waals surface area contributed by atoms with Crippen molar-refractivity contribution in [1.29, 1.82) is 0 Å². The largest absolute Gasteiger partial charge is 0.469 e. The van der Waals surface area contributed by atoms with E-state index in [0.29, 0.717) is 5.92 Å². The summed E-state index contributed by atoms with van der Waals surface area (Å²) in [6.45, 7) is 21.6. The van der Waals surface area contributed by atoms with E-state index in [4.69, 9.17) is 4.74 Å². The van der Waals surface area contributed by atoms with Gasteiger partial charge < -0.3 is 4.74 Å². The zero-order chi connectivity index (χ0) is 17.7. The summed E-state index contributed by atoms with van der Waals surface area (Å²) in [5, 5.41) is 0. The van der Waals surface area contributed by atoms with Crippen molar-refractivity contribution < 1.29 is 9.53 Å². The van der Waals surface area contributed by atoms with Crippen molar-refractivity contribution in [3.05, 3.63) is 24.3 Å². The van der Waals surface area contributed by atoms with E-state index in [9.17, 15) is 4.79 Å². The minimum atomic E-state index is -0.220. The lowest BCUT2D eigenvalue weighted by Gasteiger charge is -2.37. The molecule has 0 aromatic rings. The minimum absolute atomic E-state index is 0.116. The maximum atomic E-state index is 12.1. The quantitative estimate of drug-likeness (QED) is 0.468. The highest BCUT2D eigenvalue weighted by Gasteiger charge is 2.32. The molecule has 2 heteroatoms. The Kier molecular flexibility index (Phi) is 7.61. The van der Waals surface area contributed by atoms with E-state index in [0.717, 1.165) is 12.0 Å². The van der Waals surface area contributed by atoms with Gasteiger partial charge in [0, 0.05) is 0 Å². The molecule has 0 N–H and O–H groups in total. The zero-order valence-electron chi connectivity index (χ0n) is 16.1. The van der Waals surface area contributed by atoms with Gasteiger partial charge in [0.15, 0.2) is 0 Å². The van der Waals surface area contributed by atoms with Gasteiger partial charge in [-0.1, -0.05) is 74.1 Å². The molecular formula is C20H36O2. The second kappa shape index (κ2) is 7.99. The van der Waals surface area contributed by atoms with Crippen LogP contribution in [0, 0.1) is 28.6 Å². The van der Waals surface area contributed by atoms with Gasteiger partial charge in [-0.15, -0.1) is 0 Å². The van der Waals surface area contributed by atoms with Gasteiger partial charge in [-0.3, -0.25) is 4.79 Å². The van der Waals surface area contributed by atoms with Crippen molar-refractivity contribution in [2.45, 2.75) is 61.8 Å². The van der Waals surface area contributed by atoms with Gasteiger partial charge in [-0.25, -0.2) is 0 Å². The number of methoxy groups -OCH3 is 1. The van der Waals surface area contributed by atoms with E-state index in [1.54, 1.807) is 0 Å². The first kappa shape index (κ1) is 20.9.